The summed E-state index contributed by atoms with van der Waals surface area (Å²) in [5.41, 5.74) is 0.763. The molecule has 0 aliphatic heterocycles. The first kappa shape index (κ1) is 15.4. The summed E-state index contributed by atoms with van der Waals surface area (Å²) < 4.78 is 5.54. The third kappa shape index (κ3) is 4.01. The molecule has 116 valence electrons. The van der Waals surface area contributed by atoms with Gasteiger partial charge >= 0.3 is 0 Å². The minimum atomic E-state index is -0.00749. The van der Waals surface area contributed by atoms with Crippen LogP contribution in [0.15, 0.2) is 33.9 Å². The Morgan fingerprint density at radius 1 is 1.50 bits per heavy atom. The van der Waals surface area contributed by atoms with Gasteiger partial charge in [0.05, 0.1) is 5.75 Å². The fraction of sp³-hybridized carbons (Fsp3) is 0.400. The summed E-state index contributed by atoms with van der Waals surface area (Å²) >= 11 is 7.17. The number of thioether (sulfide) groups is 1. The first-order chi connectivity index (χ1) is 10.6. The summed E-state index contributed by atoms with van der Waals surface area (Å²) in [5.74, 6) is 1.31. The number of nitrogens with one attached hydrogen (secondary N) is 1. The predicted molar refractivity (Wildman–Crippen MR) is 85.8 cm³/mol. The smallest absolute Gasteiger partial charge is 0.277 e. The Hall–Kier alpha value is -1.53. The van der Waals surface area contributed by atoms with Crippen molar-refractivity contribution in [2.75, 3.05) is 5.75 Å². The predicted octanol–water partition coefficient (Wildman–Crippen LogP) is 3.40. The summed E-state index contributed by atoms with van der Waals surface area (Å²) in [4.78, 5) is 11.8. The monoisotopic (exact) mass is 337 g/mol. The lowest BCUT2D eigenvalue weighted by atomic mass is 10.2. The summed E-state index contributed by atoms with van der Waals surface area (Å²) in [7, 11) is 0. The van der Waals surface area contributed by atoms with Crippen LogP contribution in [0.4, 0.5) is 0 Å². The fourth-order valence-corrected chi connectivity index (χ4v) is 2.91. The van der Waals surface area contributed by atoms with Gasteiger partial charge in [-0.3, -0.25) is 4.79 Å². The molecular weight excluding hydrogens is 322 g/mol. The van der Waals surface area contributed by atoms with E-state index in [-0.39, 0.29) is 17.7 Å². The summed E-state index contributed by atoms with van der Waals surface area (Å²) in [6.07, 6.45) is 2.42. The van der Waals surface area contributed by atoms with Crippen LogP contribution < -0.4 is 5.32 Å². The Kier molecular flexibility index (Phi) is 4.69. The molecule has 1 aromatic heterocycles. The van der Waals surface area contributed by atoms with E-state index in [0.717, 1.165) is 5.56 Å². The van der Waals surface area contributed by atoms with Crippen LogP contribution in [-0.2, 0) is 4.79 Å². The highest BCUT2D eigenvalue weighted by Crippen LogP contribution is 2.32. The number of benzene rings is 1. The van der Waals surface area contributed by atoms with Gasteiger partial charge in [-0.25, -0.2) is 0 Å². The normalized spacial score (nSPS) is 15.5. The number of halogens is 1. The molecule has 1 aliphatic carbocycles. The molecule has 1 N–H and O–H groups in total. The van der Waals surface area contributed by atoms with E-state index in [0.29, 0.717) is 22.1 Å². The Morgan fingerprint density at radius 3 is 3.05 bits per heavy atom. The van der Waals surface area contributed by atoms with E-state index >= 15 is 0 Å². The average Bonchev–Trinajstić information content (AvgIpc) is 3.24. The molecule has 1 heterocycles. The Labute approximate surface area is 137 Å². The zero-order valence-electron chi connectivity index (χ0n) is 12.1. The van der Waals surface area contributed by atoms with Crippen molar-refractivity contribution in [1.82, 2.24) is 15.5 Å². The number of carbonyl (C=O) groups is 1. The van der Waals surface area contributed by atoms with Crippen LogP contribution in [0.25, 0.3) is 11.5 Å². The van der Waals surface area contributed by atoms with Gasteiger partial charge < -0.3 is 9.73 Å². The lowest BCUT2D eigenvalue weighted by Gasteiger charge is -2.11. The van der Waals surface area contributed by atoms with Crippen LogP contribution in [0.5, 0.6) is 0 Å². The molecule has 2 aromatic rings. The third-order valence-electron chi connectivity index (χ3n) is 3.52. The highest BCUT2D eigenvalue weighted by Gasteiger charge is 2.28. The van der Waals surface area contributed by atoms with Crippen LogP contribution >= 0.6 is 23.4 Å². The number of hydrogen-bond acceptors (Lipinski definition) is 5. The SMILES string of the molecule is C[C@H](NC(=O)CSc1nnc(-c2cccc(Cl)c2)o1)C1CC1. The van der Waals surface area contributed by atoms with Crippen LogP contribution in [0.3, 0.4) is 0 Å². The van der Waals surface area contributed by atoms with E-state index in [4.69, 9.17) is 16.0 Å². The topological polar surface area (TPSA) is 68.0 Å². The number of amides is 1. The molecule has 5 nitrogen and oxygen atoms in total. The summed E-state index contributed by atoms with van der Waals surface area (Å²) in [5, 5.41) is 11.9. The van der Waals surface area contributed by atoms with Gasteiger partial charge in [0.25, 0.3) is 5.22 Å². The van der Waals surface area contributed by atoms with Crippen LogP contribution in [0, 0.1) is 5.92 Å². The zero-order chi connectivity index (χ0) is 15.5. The number of rotatable bonds is 6. The summed E-state index contributed by atoms with van der Waals surface area (Å²) in [6.45, 7) is 2.05. The third-order valence-corrected chi connectivity index (χ3v) is 4.58. The molecule has 0 unspecified atom stereocenters. The van der Waals surface area contributed by atoms with E-state index in [1.807, 2.05) is 19.1 Å². The second kappa shape index (κ2) is 6.71. The fourth-order valence-electron chi connectivity index (χ4n) is 2.14. The highest BCUT2D eigenvalue weighted by molar-refractivity contribution is 7.99. The molecule has 22 heavy (non-hydrogen) atoms. The largest absolute Gasteiger partial charge is 0.411 e. The van der Waals surface area contributed by atoms with Gasteiger partial charge in [-0.15, -0.1) is 10.2 Å². The molecule has 0 spiro atoms. The molecule has 1 amide bonds. The molecule has 0 saturated heterocycles. The number of hydrogen-bond donors (Lipinski definition) is 1. The van der Waals surface area contributed by atoms with E-state index in [1.165, 1.54) is 24.6 Å². The minimum absolute atomic E-state index is 0.00749. The Bertz CT molecular complexity index is 672. The lowest BCUT2D eigenvalue weighted by Crippen LogP contribution is -2.35. The molecule has 3 rings (SSSR count). The number of carbonyl (C=O) groups excluding carboxylic acids is 1. The van der Waals surface area contributed by atoms with Crippen molar-refractivity contribution in [3.63, 3.8) is 0 Å². The molecule has 0 radical (unpaired) electrons. The van der Waals surface area contributed by atoms with Crippen LogP contribution in [0.2, 0.25) is 5.02 Å². The van der Waals surface area contributed by atoms with Crippen molar-refractivity contribution in [2.45, 2.75) is 31.0 Å². The standard InChI is InChI=1S/C15H16ClN3O2S/c1-9(10-5-6-10)17-13(20)8-22-15-19-18-14(21-15)11-3-2-4-12(16)7-11/h2-4,7,9-10H,5-6,8H2,1H3,(H,17,20)/t9-/m0/s1. The molecule has 0 bridgehead atoms. The van der Waals surface area contributed by atoms with E-state index in [2.05, 4.69) is 15.5 Å². The van der Waals surface area contributed by atoms with E-state index in [1.54, 1.807) is 12.1 Å². The Balaban J connectivity index is 1.54. The van der Waals surface area contributed by atoms with Crippen molar-refractivity contribution >= 4 is 29.3 Å². The molecule has 7 heteroatoms. The average molecular weight is 338 g/mol. The van der Waals surface area contributed by atoms with E-state index in [9.17, 15) is 4.79 Å². The quantitative estimate of drug-likeness (QED) is 0.818. The van der Waals surface area contributed by atoms with Gasteiger partial charge in [0.15, 0.2) is 0 Å². The molecule has 1 atom stereocenters. The maximum Gasteiger partial charge on any atom is 0.277 e. The molecule has 1 fully saturated rings. The molecule has 1 aliphatic rings. The molecular formula is C15H16ClN3O2S. The molecule has 1 saturated carbocycles. The van der Waals surface area contributed by atoms with Crippen LogP contribution in [0.1, 0.15) is 19.8 Å². The van der Waals surface area contributed by atoms with Gasteiger partial charge in [0.1, 0.15) is 0 Å². The Morgan fingerprint density at radius 2 is 2.32 bits per heavy atom. The van der Waals surface area contributed by atoms with Crippen molar-refractivity contribution < 1.29 is 9.21 Å². The van der Waals surface area contributed by atoms with Gasteiger partial charge in [-0.05, 0) is 43.9 Å². The van der Waals surface area contributed by atoms with Gasteiger partial charge in [0.2, 0.25) is 11.8 Å². The van der Waals surface area contributed by atoms with Crippen molar-refractivity contribution in [3.8, 4) is 11.5 Å². The second-order valence-corrected chi connectivity index (χ2v) is 6.73. The maximum atomic E-state index is 11.8. The second-order valence-electron chi connectivity index (χ2n) is 5.37. The number of aromatic nitrogens is 2. The van der Waals surface area contributed by atoms with Crippen molar-refractivity contribution in [1.29, 1.82) is 0 Å². The van der Waals surface area contributed by atoms with Gasteiger partial charge in [0, 0.05) is 16.6 Å². The number of nitrogens with zero attached hydrogens (tertiary/aromatic N) is 2. The van der Waals surface area contributed by atoms with Crippen LogP contribution in [-0.4, -0.2) is 27.9 Å². The minimum Gasteiger partial charge on any atom is -0.411 e. The van der Waals surface area contributed by atoms with Crippen molar-refractivity contribution in [3.05, 3.63) is 29.3 Å². The van der Waals surface area contributed by atoms with Gasteiger partial charge in [-0.1, -0.05) is 29.4 Å². The molecule has 1 aromatic carbocycles. The maximum absolute atomic E-state index is 11.8. The van der Waals surface area contributed by atoms with Crippen molar-refractivity contribution in [2.24, 2.45) is 5.92 Å². The van der Waals surface area contributed by atoms with Gasteiger partial charge in [-0.2, -0.15) is 0 Å². The first-order valence-electron chi connectivity index (χ1n) is 7.13. The lowest BCUT2D eigenvalue weighted by molar-refractivity contribution is -0.119. The van der Waals surface area contributed by atoms with E-state index < -0.39 is 0 Å². The highest BCUT2D eigenvalue weighted by atomic mass is 35.5. The first-order valence-corrected chi connectivity index (χ1v) is 8.50. The zero-order valence-corrected chi connectivity index (χ0v) is 13.7. The summed E-state index contributed by atoms with van der Waals surface area (Å²) in [6, 6.07) is 7.45.